The third-order valence-electron chi connectivity index (χ3n) is 4.55. The quantitative estimate of drug-likeness (QED) is 0.776. The van der Waals surface area contributed by atoms with Crippen molar-refractivity contribution >= 4 is 21.7 Å². The molecule has 1 fully saturated rings. The summed E-state index contributed by atoms with van der Waals surface area (Å²) < 4.78 is 0. The molecular weight excluding hydrogens is 300 g/mol. The van der Waals surface area contributed by atoms with Gasteiger partial charge in [0, 0.05) is 23.6 Å². The highest BCUT2D eigenvalue weighted by molar-refractivity contribution is 9.09. The second-order valence-corrected chi connectivity index (χ2v) is 6.60. The van der Waals surface area contributed by atoms with E-state index in [4.69, 9.17) is 4.98 Å². The molecule has 1 saturated carbocycles. The predicted octanol–water partition coefficient (Wildman–Crippen LogP) is 4.10. The van der Waals surface area contributed by atoms with Crippen molar-refractivity contribution in [2.24, 2.45) is 0 Å². The molecule has 0 amide bonds. The highest BCUT2D eigenvalue weighted by Gasteiger charge is 2.23. The Bertz CT molecular complexity index is 427. The van der Waals surface area contributed by atoms with Crippen LogP contribution in [-0.2, 0) is 12.8 Å². The molecule has 3 rings (SSSR count). The van der Waals surface area contributed by atoms with E-state index in [1.54, 1.807) is 0 Å². The second-order valence-electron chi connectivity index (χ2n) is 5.80. The number of rotatable bonds is 4. The van der Waals surface area contributed by atoms with E-state index in [9.17, 15) is 0 Å². The van der Waals surface area contributed by atoms with Crippen LogP contribution in [0.25, 0.3) is 0 Å². The van der Waals surface area contributed by atoms with Gasteiger partial charge in [-0.15, -0.1) is 0 Å². The molecule has 0 N–H and O–H groups in total. The van der Waals surface area contributed by atoms with E-state index in [0.29, 0.717) is 6.04 Å². The zero-order valence-corrected chi connectivity index (χ0v) is 13.2. The van der Waals surface area contributed by atoms with E-state index in [2.05, 4.69) is 33.0 Å². The highest BCUT2D eigenvalue weighted by Crippen LogP contribution is 2.29. The van der Waals surface area contributed by atoms with Gasteiger partial charge in [-0.3, -0.25) is 0 Å². The Kier molecular flexibility index (Phi) is 4.42. The zero-order chi connectivity index (χ0) is 13.1. The number of halogens is 1. The molecule has 0 radical (unpaired) electrons. The third-order valence-corrected chi connectivity index (χ3v) is 4.90. The Balaban J connectivity index is 1.82. The number of nitrogens with zero attached hydrogens (tertiary/aromatic N) is 2. The summed E-state index contributed by atoms with van der Waals surface area (Å²) in [4.78, 5) is 7.50. The van der Waals surface area contributed by atoms with Crippen molar-refractivity contribution < 1.29 is 0 Å². The fraction of sp³-hybridized carbons (Fsp3) is 0.688. The summed E-state index contributed by atoms with van der Waals surface area (Å²) in [5.41, 5.74) is 2.83. The second kappa shape index (κ2) is 6.25. The van der Waals surface area contributed by atoms with Gasteiger partial charge in [-0.2, -0.15) is 0 Å². The molecule has 1 heterocycles. The number of hydrogen-bond donors (Lipinski definition) is 0. The van der Waals surface area contributed by atoms with Crippen molar-refractivity contribution in [2.75, 3.05) is 16.8 Å². The lowest BCUT2D eigenvalue weighted by atomic mass is 9.94. The molecule has 0 atom stereocenters. The van der Waals surface area contributed by atoms with Gasteiger partial charge in [0.2, 0.25) is 0 Å². The maximum absolute atomic E-state index is 4.95. The summed E-state index contributed by atoms with van der Waals surface area (Å²) >= 11 is 3.61. The summed E-state index contributed by atoms with van der Waals surface area (Å²) in [5, 5.41) is 1.03. The zero-order valence-electron chi connectivity index (χ0n) is 11.6. The van der Waals surface area contributed by atoms with Gasteiger partial charge in [-0.05, 0) is 43.7 Å². The third kappa shape index (κ3) is 2.96. The summed E-state index contributed by atoms with van der Waals surface area (Å²) in [7, 11) is 0. The molecule has 104 valence electrons. The maximum Gasteiger partial charge on any atom is 0.129 e. The Morgan fingerprint density at radius 2 is 1.95 bits per heavy atom. The van der Waals surface area contributed by atoms with Crippen molar-refractivity contribution in [3.8, 4) is 0 Å². The number of pyridine rings is 1. The predicted molar refractivity (Wildman–Crippen MR) is 84.3 cm³/mol. The topological polar surface area (TPSA) is 16.1 Å². The van der Waals surface area contributed by atoms with Crippen LogP contribution in [-0.4, -0.2) is 22.9 Å². The SMILES string of the molecule is BrCCN(c1ccc2c(n1)CCC2)C1CCCCC1. The fourth-order valence-corrected chi connectivity index (χ4v) is 3.92. The van der Waals surface area contributed by atoms with E-state index in [-0.39, 0.29) is 0 Å². The Labute approximate surface area is 124 Å². The number of aromatic nitrogens is 1. The first-order valence-electron chi connectivity index (χ1n) is 7.70. The van der Waals surface area contributed by atoms with Crippen LogP contribution in [0, 0.1) is 0 Å². The fourth-order valence-electron chi connectivity index (χ4n) is 3.54. The van der Waals surface area contributed by atoms with Gasteiger partial charge < -0.3 is 4.90 Å². The van der Waals surface area contributed by atoms with Gasteiger partial charge >= 0.3 is 0 Å². The van der Waals surface area contributed by atoms with E-state index < -0.39 is 0 Å². The van der Waals surface area contributed by atoms with Gasteiger partial charge in [0.05, 0.1) is 0 Å². The number of hydrogen-bond acceptors (Lipinski definition) is 2. The molecule has 0 saturated heterocycles. The van der Waals surface area contributed by atoms with Crippen molar-refractivity contribution in [2.45, 2.75) is 57.4 Å². The average molecular weight is 323 g/mol. The summed E-state index contributed by atoms with van der Waals surface area (Å²) in [6.45, 7) is 1.08. The molecule has 0 aliphatic heterocycles. The normalized spacial score (nSPS) is 19.4. The molecule has 0 aromatic carbocycles. The van der Waals surface area contributed by atoms with Gasteiger partial charge in [0.15, 0.2) is 0 Å². The monoisotopic (exact) mass is 322 g/mol. The first-order chi connectivity index (χ1) is 9.38. The summed E-state index contributed by atoms with van der Waals surface area (Å²) in [6, 6.07) is 5.27. The lowest BCUT2D eigenvalue weighted by Crippen LogP contribution is -2.38. The van der Waals surface area contributed by atoms with Gasteiger partial charge in [0.1, 0.15) is 5.82 Å². The van der Waals surface area contributed by atoms with Crippen LogP contribution in [0.3, 0.4) is 0 Å². The van der Waals surface area contributed by atoms with Crippen LogP contribution in [0.4, 0.5) is 5.82 Å². The smallest absolute Gasteiger partial charge is 0.129 e. The highest BCUT2D eigenvalue weighted by atomic mass is 79.9. The first-order valence-corrected chi connectivity index (χ1v) is 8.82. The molecule has 3 heteroatoms. The van der Waals surface area contributed by atoms with Crippen LogP contribution in [0.2, 0.25) is 0 Å². The number of aryl methyl sites for hydroxylation is 2. The van der Waals surface area contributed by atoms with Gasteiger partial charge in [0.25, 0.3) is 0 Å². The van der Waals surface area contributed by atoms with Crippen molar-refractivity contribution in [3.63, 3.8) is 0 Å². The van der Waals surface area contributed by atoms with E-state index in [1.807, 2.05) is 0 Å². The molecule has 1 aromatic rings. The van der Waals surface area contributed by atoms with Crippen molar-refractivity contribution in [1.29, 1.82) is 0 Å². The molecule has 19 heavy (non-hydrogen) atoms. The number of fused-ring (bicyclic) bond motifs is 1. The molecule has 2 aliphatic carbocycles. The minimum atomic E-state index is 0.707. The molecule has 0 spiro atoms. The molecular formula is C16H23BrN2. The van der Waals surface area contributed by atoms with Crippen LogP contribution in [0.15, 0.2) is 12.1 Å². The van der Waals surface area contributed by atoms with Gasteiger partial charge in [-0.25, -0.2) is 4.98 Å². The lowest BCUT2D eigenvalue weighted by molar-refractivity contribution is 0.417. The summed E-state index contributed by atoms with van der Waals surface area (Å²) in [6.07, 6.45) is 10.5. The van der Waals surface area contributed by atoms with Crippen LogP contribution >= 0.6 is 15.9 Å². The first kappa shape index (κ1) is 13.4. The van der Waals surface area contributed by atoms with Gasteiger partial charge in [-0.1, -0.05) is 41.3 Å². The van der Waals surface area contributed by atoms with E-state index in [0.717, 1.165) is 11.9 Å². The molecule has 0 bridgehead atoms. The maximum atomic E-state index is 4.95. The van der Waals surface area contributed by atoms with Crippen molar-refractivity contribution in [3.05, 3.63) is 23.4 Å². The largest absolute Gasteiger partial charge is 0.353 e. The van der Waals surface area contributed by atoms with Crippen LogP contribution in [0.5, 0.6) is 0 Å². The molecule has 0 unspecified atom stereocenters. The van der Waals surface area contributed by atoms with Crippen LogP contribution in [0.1, 0.15) is 49.8 Å². The molecule has 1 aromatic heterocycles. The average Bonchev–Trinajstić information content (AvgIpc) is 2.93. The van der Waals surface area contributed by atoms with E-state index >= 15 is 0 Å². The lowest BCUT2D eigenvalue weighted by Gasteiger charge is -2.35. The molecule has 2 nitrogen and oxygen atoms in total. The minimum absolute atomic E-state index is 0.707. The Morgan fingerprint density at radius 1 is 1.11 bits per heavy atom. The summed E-state index contributed by atoms with van der Waals surface area (Å²) in [5.74, 6) is 1.21. The van der Waals surface area contributed by atoms with E-state index in [1.165, 1.54) is 68.4 Å². The number of anilines is 1. The molecule has 2 aliphatic rings. The minimum Gasteiger partial charge on any atom is -0.353 e. The van der Waals surface area contributed by atoms with Crippen molar-refractivity contribution in [1.82, 2.24) is 4.98 Å². The van der Waals surface area contributed by atoms with Crippen LogP contribution < -0.4 is 4.90 Å². The Morgan fingerprint density at radius 3 is 2.74 bits per heavy atom. The Hall–Kier alpha value is -0.570. The number of alkyl halides is 1. The standard InChI is InChI=1S/C16H23BrN2/c17-11-12-19(14-6-2-1-3-7-14)16-10-9-13-5-4-8-15(13)18-16/h9-10,14H,1-8,11-12H2.